The minimum absolute atomic E-state index is 0.610. The molecule has 4 N–H and O–H groups in total. The number of likely N-dealkylation sites (N-methyl/N-ethyl adjacent to an activating group) is 1. The van der Waals surface area contributed by atoms with Crippen molar-refractivity contribution in [3.63, 3.8) is 0 Å². The van der Waals surface area contributed by atoms with E-state index in [-0.39, 0.29) is 0 Å². The Hall–Kier alpha value is -1.23. The summed E-state index contributed by atoms with van der Waals surface area (Å²) in [5, 5.41) is 9.78. The van der Waals surface area contributed by atoms with E-state index in [2.05, 4.69) is 27.5 Å². The minimum Gasteiger partial charge on any atom is -0.382 e. The van der Waals surface area contributed by atoms with Crippen LogP contribution in [0.25, 0.3) is 0 Å². The van der Waals surface area contributed by atoms with Crippen molar-refractivity contribution < 1.29 is 0 Å². The summed E-state index contributed by atoms with van der Waals surface area (Å²) in [5.74, 6) is 0.610. The molecule has 0 aromatic carbocycles. The number of nitrogen functional groups attached to an aromatic ring is 1. The number of aromatic nitrogens is 2. The van der Waals surface area contributed by atoms with E-state index in [0.717, 1.165) is 24.8 Å². The Morgan fingerprint density at radius 2 is 2.50 bits per heavy atom. The van der Waals surface area contributed by atoms with E-state index < -0.39 is 0 Å². The van der Waals surface area contributed by atoms with Gasteiger partial charge in [-0.25, -0.2) is 0 Å². The van der Waals surface area contributed by atoms with Crippen molar-refractivity contribution in [2.45, 2.75) is 18.9 Å². The Bertz CT molecular complexity index is 291. The molecular formula is C9H17N5. The number of rotatable bonds is 5. The highest BCUT2D eigenvalue weighted by Gasteiger charge is 2.25. The Kier molecular flexibility index (Phi) is 2.58. The zero-order valence-corrected chi connectivity index (χ0v) is 8.45. The van der Waals surface area contributed by atoms with Crippen LogP contribution in [0, 0.1) is 0 Å². The second kappa shape index (κ2) is 3.88. The van der Waals surface area contributed by atoms with Crippen molar-refractivity contribution in [2.24, 2.45) is 0 Å². The van der Waals surface area contributed by atoms with Gasteiger partial charge in [-0.15, -0.1) is 0 Å². The van der Waals surface area contributed by atoms with E-state index in [9.17, 15) is 0 Å². The third kappa shape index (κ3) is 2.17. The first-order valence-corrected chi connectivity index (χ1v) is 5.00. The summed E-state index contributed by atoms with van der Waals surface area (Å²) in [6, 6.07) is 0.818. The average Bonchev–Trinajstić information content (AvgIpc) is 2.93. The summed E-state index contributed by atoms with van der Waals surface area (Å²) in [6.45, 7) is 1.96. The fraction of sp³-hybridized carbons (Fsp3) is 0.667. The van der Waals surface area contributed by atoms with Crippen LogP contribution >= 0.6 is 0 Å². The van der Waals surface area contributed by atoms with Crippen molar-refractivity contribution >= 4 is 11.5 Å². The molecule has 1 fully saturated rings. The molecule has 1 aliphatic carbocycles. The zero-order valence-electron chi connectivity index (χ0n) is 8.45. The highest BCUT2D eigenvalue weighted by molar-refractivity contribution is 5.59. The van der Waals surface area contributed by atoms with Crippen molar-refractivity contribution in [2.75, 3.05) is 31.2 Å². The van der Waals surface area contributed by atoms with E-state index in [4.69, 9.17) is 5.73 Å². The topological polar surface area (TPSA) is 70.0 Å². The normalized spacial score (nSPS) is 16.1. The maximum Gasteiger partial charge on any atom is 0.142 e. The summed E-state index contributed by atoms with van der Waals surface area (Å²) in [6.07, 6.45) is 4.42. The van der Waals surface area contributed by atoms with Gasteiger partial charge in [-0.1, -0.05) is 0 Å². The van der Waals surface area contributed by atoms with Crippen molar-refractivity contribution in [1.82, 2.24) is 15.1 Å². The summed E-state index contributed by atoms with van der Waals surface area (Å²) in [5.41, 5.74) is 6.53. The highest BCUT2D eigenvalue weighted by atomic mass is 15.2. The highest BCUT2D eigenvalue weighted by Crippen LogP contribution is 2.24. The lowest BCUT2D eigenvalue weighted by atomic mass is 10.4. The van der Waals surface area contributed by atoms with Gasteiger partial charge in [0.05, 0.1) is 11.9 Å². The predicted molar refractivity (Wildman–Crippen MR) is 57.1 cm³/mol. The predicted octanol–water partition coefficient (Wildman–Crippen LogP) is 0.498. The molecule has 2 rings (SSSR count). The summed E-state index contributed by atoms with van der Waals surface area (Å²) >= 11 is 0. The third-order valence-electron chi connectivity index (χ3n) is 2.62. The molecule has 0 aliphatic heterocycles. The van der Waals surface area contributed by atoms with Gasteiger partial charge in [0, 0.05) is 19.1 Å². The molecular weight excluding hydrogens is 178 g/mol. The molecule has 0 saturated heterocycles. The molecule has 1 heterocycles. The monoisotopic (exact) mass is 195 g/mol. The molecule has 5 nitrogen and oxygen atoms in total. The zero-order chi connectivity index (χ0) is 9.97. The van der Waals surface area contributed by atoms with Gasteiger partial charge in [-0.05, 0) is 19.9 Å². The smallest absolute Gasteiger partial charge is 0.142 e. The van der Waals surface area contributed by atoms with Gasteiger partial charge in [-0.3, -0.25) is 5.10 Å². The van der Waals surface area contributed by atoms with Gasteiger partial charge in [0.1, 0.15) is 5.82 Å². The SMILES string of the molecule is CN(CCNc1cn[nH]c1N)C1CC1. The summed E-state index contributed by atoms with van der Waals surface area (Å²) in [4.78, 5) is 2.38. The lowest BCUT2D eigenvalue weighted by Gasteiger charge is -2.15. The molecule has 0 bridgehead atoms. The fourth-order valence-electron chi connectivity index (χ4n) is 1.50. The number of nitrogens with two attached hydrogens (primary N) is 1. The molecule has 0 spiro atoms. The Balaban J connectivity index is 1.69. The van der Waals surface area contributed by atoms with Crippen LogP contribution in [0.5, 0.6) is 0 Å². The van der Waals surface area contributed by atoms with Crippen LogP contribution in [0.2, 0.25) is 0 Å². The Morgan fingerprint density at radius 3 is 3.07 bits per heavy atom. The third-order valence-corrected chi connectivity index (χ3v) is 2.62. The number of hydrogen-bond donors (Lipinski definition) is 3. The number of aromatic amines is 1. The first kappa shape index (κ1) is 9.33. The summed E-state index contributed by atoms with van der Waals surface area (Å²) < 4.78 is 0. The number of nitrogens with zero attached hydrogens (tertiary/aromatic N) is 2. The van der Waals surface area contributed by atoms with Crippen LogP contribution < -0.4 is 11.1 Å². The minimum atomic E-state index is 0.610. The molecule has 0 amide bonds. The Morgan fingerprint density at radius 1 is 1.71 bits per heavy atom. The van der Waals surface area contributed by atoms with E-state index in [1.165, 1.54) is 12.8 Å². The van der Waals surface area contributed by atoms with Gasteiger partial charge in [0.25, 0.3) is 0 Å². The van der Waals surface area contributed by atoms with E-state index in [0.29, 0.717) is 5.82 Å². The van der Waals surface area contributed by atoms with E-state index in [1.807, 2.05) is 0 Å². The van der Waals surface area contributed by atoms with Gasteiger partial charge < -0.3 is 16.0 Å². The van der Waals surface area contributed by atoms with Crippen LogP contribution in [0.15, 0.2) is 6.20 Å². The van der Waals surface area contributed by atoms with Crippen LogP contribution in [0.3, 0.4) is 0 Å². The molecule has 0 atom stereocenters. The van der Waals surface area contributed by atoms with Gasteiger partial charge in [0.15, 0.2) is 0 Å². The average molecular weight is 195 g/mol. The van der Waals surface area contributed by atoms with Crippen LogP contribution in [-0.2, 0) is 0 Å². The molecule has 78 valence electrons. The first-order chi connectivity index (χ1) is 6.77. The van der Waals surface area contributed by atoms with Gasteiger partial charge in [-0.2, -0.15) is 5.10 Å². The van der Waals surface area contributed by atoms with Crippen LogP contribution in [0.1, 0.15) is 12.8 Å². The van der Waals surface area contributed by atoms with Gasteiger partial charge in [0.2, 0.25) is 0 Å². The largest absolute Gasteiger partial charge is 0.382 e. The van der Waals surface area contributed by atoms with Crippen LogP contribution in [0.4, 0.5) is 11.5 Å². The standard InChI is InChI=1S/C9H17N5/c1-14(7-2-3-7)5-4-11-8-6-12-13-9(8)10/h6-7,11H,2-5H2,1H3,(H3,10,12,13). The summed E-state index contributed by atoms with van der Waals surface area (Å²) in [7, 11) is 2.16. The number of H-pyrrole nitrogens is 1. The van der Waals surface area contributed by atoms with Gasteiger partial charge >= 0.3 is 0 Å². The maximum absolute atomic E-state index is 5.64. The molecule has 1 aromatic heterocycles. The molecule has 0 unspecified atom stereocenters. The maximum atomic E-state index is 5.64. The molecule has 0 radical (unpaired) electrons. The van der Waals surface area contributed by atoms with E-state index in [1.54, 1.807) is 6.20 Å². The molecule has 1 saturated carbocycles. The number of nitrogens with one attached hydrogen (secondary N) is 2. The second-order valence-electron chi connectivity index (χ2n) is 3.84. The molecule has 1 aromatic rings. The molecule has 14 heavy (non-hydrogen) atoms. The van der Waals surface area contributed by atoms with E-state index >= 15 is 0 Å². The van der Waals surface area contributed by atoms with Crippen molar-refractivity contribution in [3.8, 4) is 0 Å². The first-order valence-electron chi connectivity index (χ1n) is 5.00. The molecule has 5 heteroatoms. The van der Waals surface area contributed by atoms with Crippen molar-refractivity contribution in [1.29, 1.82) is 0 Å². The quantitative estimate of drug-likeness (QED) is 0.640. The Labute approximate surface area is 83.7 Å². The number of anilines is 2. The van der Waals surface area contributed by atoms with Crippen molar-refractivity contribution in [3.05, 3.63) is 6.20 Å². The molecule has 1 aliphatic rings. The van der Waals surface area contributed by atoms with Crippen LogP contribution in [-0.4, -0.2) is 41.3 Å². The fourth-order valence-corrected chi connectivity index (χ4v) is 1.50. The lowest BCUT2D eigenvalue weighted by molar-refractivity contribution is 0.337. The number of hydrogen-bond acceptors (Lipinski definition) is 4. The second-order valence-corrected chi connectivity index (χ2v) is 3.84. The lowest BCUT2D eigenvalue weighted by Crippen LogP contribution is -2.27.